The minimum atomic E-state index is -0.441. The van der Waals surface area contributed by atoms with Crippen LogP contribution in [0.2, 0.25) is 0 Å². The Labute approximate surface area is 232 Å². The van der Waals surface area contributed by atoms with Gasteiger partial charge in [-0.15, -0.1) is 0 Å². The first-order valence-corrected chi connectivity index (χ1v) is 13.6. The van der Waals surface area contributed by atoms with E-state index in [1.807, 2.05) is 73.9 Å². The molecule has 5 rings (SSSR count). The number of carbonyl (C=O) groups is 1. The highest BCUT2D eigenvalue weighted by atomic mass is 32.2. The topological polar surface area (TPSA) is 84.2 Å². The van der Waals surface area contributed by atoms with Gasteiger partial charge in [0.05, 0.1) is 17.9 Å². The van der Waals surface area contributed by atoms with Crippen molar-refractivity contribution in [3.8, 4) is 17.2 Å². The molecular weight excluding hydrogens is 510 g/mol. The molecule has 8 heteroatoms. The first-order valence-electron chi connectivity index (χ1n) is 12.7. The summed E-state index contributed by atoms with van der Waals surface area (Å²) >= 11 is 1.34. The van der Waals surface area contributed by atoms with Gasteiger partial charge in [-0.1, -0.05) is 65.9 Å². The van der Waals surface area contributed by atoms with E-state index in [0.717, 1.165) is 22.6 Å². The Morgan fingerprint density at radius 1 is 0.923 bits per heavy atom. The highest BCUT2D eigenvalue weighted by Crippen LogP contribution is 2.38. The van der Waals surface area contributed by atoms with Crippen LogP contribution in [0.5, 0.6) is 17.2 Å². The van der Waals surface area contributed by atoms with Gasteiger partial charge in [0.25, 0.3) is 5.91 Å². The molecule has 2 aliphatic rings. The maximum Gasteiger partial charge on any atom is 0.283 e. The van der Waals surface area contributed by atoms with E-state index in [2.05, 4.69) is 18.0 Å². The van der Waals surface area contributed by atoms with E-state index in [9.17, 15) is 4.79 Å². The molecule has 0 aromatic heterocycles. The van der Waals surface area contributed by atoms with Gasteiger partial charge in [0.2, 0.25) is 0 Å². The summed E-state index contributed by atoms with van der Waals surface area (Å²) in [5.74, 6) is 1.62. The van der Waals surface area contributed by atoms with Crippen molar-refractivity contribution in [1.82, 2.24) is 4.90 Å². The van der Waals surface area contributed by atoms with Crippen molar-refractivity contribution in [1.29, 1.82) is 5.41 Å². The minimum absolute atomic E-state index is 0.0898. The summed E-state index contributed by atoms with van der Waals surface area (Å²) in [4.78, 5) is 18.8. The van der Waals surface area contributed by atoms with Gasteiger partial charge in [0, 0.05) is 5.41 Å². The van der Waals surface area contributed by atoms with Crippen LogP contribution < -0.4 is 14.2 Å². The molecule has 0 saturated heterocycles. The number of aryl methyl sites for hydroxylation is 2. The van der Waals surface area contributed by atoms with E-state index in [1.165, 1.54) is 17.3 Å². The Kier molecular flexibility index (Phi) is 7.84. The summed E-state index contributed by atoms with van der Waals surface area (Å²) in [7, 11) is 0. The fourth-order valence-electron chi connectivity index (χ4n) is 4.35. The lowest BCUT2D eigenvalue weighted by Gasteiger charge is -2.27. The number of amides is 1. The van der Waals surface area contributed by atoms with Crippen molar-refractivity contribution in [2.75, 3.05) is 19.8 Å². The molecule has 0 radical (unpaired) electrons. The zero-order valence-electron chi connectivity index (χ0n) is 22.1. The van der Waals surface area contributed by atoms with Crippen LogP contribution in [0.1, 0.15) is 29.2 Å². The molecule has 198 valence electrons. The van der Waals surface area contributed by atoms with Gasteiger partial charge < -0.3 is 14.2 Å². The second-order valence-corrected chi connectivity index (χ2v) is 9.87. The van der Waals surface area contributed by atoms with Gasteiger partial charge in [0.15, 0.2) is 16.7 Å². The van der Waals surface area contributed by atoms with E-state index >= 15 is 0 Å². The molecule has 1 N–H and O–H groups in total. The molecule has 7 nitrogen and oxygen atoms in total. The standard InChI is InChI=1S/C31H29N3O4S/c1-4-36-28-18-22(11-13-27(28)38-15-14-37-26-12-10-20(2)16-21(26)3)17-24-29(32)34-25(23-8-6-5-7-9-23)19-39-31(34)33-30(24)35/h5-13,16-19,32H,4,14-15H2,1-3H3. The number of thioether (sulfide) groups is 1. The SMILES string of the molecule is CCOc1cc(C=C2C(=N)N3C(c4ccccc4)=CSC3=NC2=O)ccc1OCCOc1ccc(C)cc1C. The van der Waals surface area contributed by atoms with Crippen molar-refractivity contribution in [3.05, 3.63) is 100.0 Å². The molecule has 0 saturated carbocycles. The lowest BCUT2D eigenvalue weighted by Crippen LogP contribution is -2.38. The van der Waals surface area contributed by atoms with Crippen molar-refractivity contribution in [2.45, 2.75) is 20.8 Å². The summed E-state index contributed by atoms with van der Waals surface area (Å²) in [5, 5.41) is 11.3. The molecule has 0 spiro atoms. The van der Waals surface area contributed by atoms with Crippen LogP contribution in [0.3, 0.4) is 0 Å². The van der Waals surface area contributed by atoms with Crippen molar-refractivity contribution >= 4 is 40.4 Å². The molecule has 0 bridgehead atoms. The predicted octanol–water partition coefficient (Wildman–Crippen LogP) is 6.46. The van der Waals surface area contributed by atoms with Gasteiger partial charge in [0.1, 0.15) is 24.8 Å². The Balaban J connectivity index is 1.31. The maximum atomic E-state index is 12.9. The second-order valence-electron chi connectivity index (χ2n) is 9.03. The summed E-state index contributed by atoms with van der Waals surface area (Å²) in [5.41, 5.74) is 4.97. The third kappa shape index (κ3) is 5.76. The molecular formula is C31H29N3O4S. The van der Waals surface area contributed by atoms with Crippen LogP contribution in [0, 0.1) is 19.3 Å². The second kappa shape index (κ2) is 11.6. The van der Waals surface area contributed by atoms with Gasteiger partial charge >= 0.3 is 0 Å². The summed E-state index contributed by atoms with van der Waals surface area (Å²) in [6, 6.07) is 21.3. The molecule has 3 aromatic carbocycles. The summed E-state index contributed by atoms with van der Waals surface area (Å²) in [6.07, 6.45) is 1.67. The average Bonchev–Trinajstić information content (AvgIpc) is 3.35. The van der Waals surface area contributed by atoms with Gasteiger partial charge in [-0.05, 0) is 61.7 Å². The number of aliphatic imine (C=N–C) groups is 1. The highest BCUT2D eigenvalue weighted by Gasteiger charge is 2.36. The predicted molar refractivity (Wildman–Crippen MR) is 157 cm³/mol. The number of hydrogen-bond acceptors (Lipinski definition) is 6. The largest absolute Gasteiger partial charge is 0.490 e. The monoisotopic (exact) mass is 539 g/mol. The Bertz CT molecular complexity index is 1510. The summed E-state index contributed by atoms with van der Waals surface area (Å²) < 4.78 is 17.7. The first-order chi connectivity index (χ1) is 18.9. The number of carbonyl (C=O) groups excluding carboxylic acids is 1. The fraction of sp³-hybridized carbons (Fsp3) is 0.194. The number of benzene rings is 3. The van der Waals surface area contributed by atoms with Crippen LogP contribution in [-0.2, 0) is 4.79 Å². The van der Waals surface area contributed by atoms with E-state index in [0.29, 0.717) is 42.1 Å². The molecule has 2 aliphatic heterocycles. The zero-order valence-corrected chi connectivity index (χ0v) is 22.9. The van der Waals surface area contributed by atoms with Gasteiger partial charge in [-0.2, -0.15) is 4.99 Å². The molecule has 39 heavy (non-hydrogen) atoms. The van der Waals surface area contributed by atoms with Gasteiger partial charge in [-0.3, -0.25) is 15.1 Å². The smallest absolute Gasteiger partial charge is 0.283 e. The van der Waals surface area contributed by atoms with Crippen LogP contribution in [0.25, 0.3) is 11.8 Å². The Morgan fingerprint density at radius 3 is 2.41 bits per heavy atom. The number of rotatable bonds is 9. The van der Waals surface area contributed by atoms with Crippen molar-refractivity contribution in [3.63, 3.8) is 0 Å². The normalized spacial score (nSPS) is 15.7. The van der Waals surface area contributed by atoms with Crippen LogP contribution in [-0.4, -0.2) is 41.6 Å². The van der Waals surface area contributed by atoms with Crippen molar-refractivity contribution in [2.24, 2.45) is 4.99 Å². The number of nitrogens with zero attached hydrogens (tertiary/aromatic N) is 2. The van der Waals surface area contributed by atoms with Crippen LogP contribution in [0.15, 0.2) is 82.7 Å². The van der Waals surface area contributed by atoms with E-state index in [4.69, 9.17) is 19.6 Å². The van der Waals surface area contributed by atoms with Crippen LogP contribution in [0.4, 0.5) is 0 Å². The first kappa shape index (κ1) is 26.3. The molecule has 0 fully saturated rings. The number of nitrogens with one attached hydrogen (secondary N) is 1. The molecule has 0 atom stereocenters. The van der Waals surface area contributed by atoms with Crippen molar-refractivity contribution < 1.29 is 19.0 Å². The van der Waals surface area contributed by atoms with E-state index < -0.39 is 5.91 Å². The van der Waals surface area contributed by atoms with Gasteiger partial charge in [-0.25, -0.2) is 0 Å². The zero-order chi connectivity index (χ0) is 27.4. The van der Waals surface area contributed by atoms with Crippen LogP contribution >= 0.6 is 11.8 Å². The lowest BCUT2D eigenvalue weighted by atomic mass is 10.1. The number of ether oxygens (including phenoxy) is 3. The number of amidine groups is 2. The third-order valence-corrected chi connectivity index (χ3v) is 7.02. The highest BCUT2D eigenvalue weighted by molar-refractivity contribution is 8.17. The van der Waals surface area contributed by atoms with E-state index in [1.54, 1.807) is 17.0 Å². The number of hydrogen-bond donors (Lipinski definition) is 1. The third-order valence-electron chi connectivity index (χ3n) is 6.19. The Hall–Kier alpha value is -4.30. The Morgan fingerprint density at radius 2 is 1.67 bits per heavy atom. The quantitative estimate of drug-likeness (QED) is 0.248. The molecule has 3 aromatic rings. The molecule has 0 unspecified atom stereocenters. The lowest BCUT2D eigenvalue weighted by molar-refractivity contribution is -0.114. The number of fused-ring (bicyclic) bond motifs is 1. The molecule has 2 heterocycles. The maximum absolute atomic E-state index is 12.9. The summed E-state index contributed by atoms with van der Waals surface area (Å²) in [6.45, 7) is 7.16. The fourth-order valence-corrected chi connectivity index (χ4v) is 5.24. The molecule has 1 amide bonds. The molecule has 0 aliphatic carbocycles. The average molecular weight is 540 g/mol. The minimum Gasteiger partial charge on any atom is -0.490 e. The van der Waals surface area contributed by atoms with E-state index in [-0.39, 0.29) is 11.4 Å².